The molecule has 1 aliphatic rings. The van der Waals surface area contributed by atoms with E-state index in [0.717, 1.165) is 21.8 Å². The van der Waals surface area contributed by atoms with Gasteiger partial charge in [0.25, 0.3) is 5.91 Å². The maximum Gasteiger partial charge on any atom is 0.251 e. The lowest BCUT2D eigenvalue weighted by Gasteiger charge is -2.21. The van der Waals surface area contributed by atoms with Crippen LogP contribution < -0.4 is 10.1 Å². The second-order valence-corrected chi connectivity index (χ2v) is 6.81. The fourth-order valence-corrected chi connectivity index (χ4v) is 3.69. The highest BCUT2D eigenvalue weighted by molar-refractivity contribution is 7.10. The average Bonchev–Trinajstić information content (AvgIpc) is 3.20. The quantitative estimate of drug-likeness (QED) is 0.758. The molecule has 25 heavy (non-hydrogen) atoms. The SMILES string of the molecule is O=C(NC(c1ccccc1)c1cccs1)C1=Cc2ccccc2OC1. The van der Waals surface area contributed by atoms with Crippen molar-refractivity contribution < 1.29 is 9.53 Å². The van der Waals surface area contributed by atoms with E-state index in [0.29, 0.717) is 5.57 Å². The number of amides is 1. The molecule has 1 unspecified atom stereocenters. The van der Waals surface area contributed by atoms with E-state index in [4.69, 9.17) is 4.74 Å². The smallest absolute Gasteiger partial charge is 0.251 e. The summed E-state index contributed by atoms with van der Waals surface area (Å²) >= 11 is 1.64. The zero-order valence-corrected chi connectivity index (χ0v) is 14.3. The van der Waals surface area contributed by atoms with Gasteiger partial charge in [-0.1, -0.05) is 54.6 Å². The molecule has 0 aliphatic carbocycles. The first kappa shape index (κ1) is 15.7. The first-order valence-electron chi connectivity index (χ1n) is 8.13. The van der Waals surface area contributed by atoms with Crippen molar-refractivity contribution in [3.05, 3.63) is 93.7 Å². The highest BCUT2D eigenvalue weighted by Crippen LogP contribution is 2.28. The molecule has 3 aromatic rings. The van der Waals surface area contributed by atoms with Gasteiger partial charge in [0.2, 0.25) is 0 Å². The van der Waals surface area contributed by atoms with Crippen LogP contribution in [0.15, 0.2) is 77.7 Å². The molecule has 1 aromatic heterocycles. The molecule has 0 saturated carbocycles. The Morgan fingerprint density at radius 3 is 2.60 bits per heavy atom. The van der Waals surface area contributed by atoms with Crippen LogP contribution in [-0.2, 0) is 4.79 Å². The van der Waals surface area contributed by atoms with Gasteiger partial charge in [-0.25, -0.2) is 0 Å². The van der Waals surface area contributed by atoms with Gasteiger partial charge in [-0.2, -0.15) is 0 Å². The van der Waals surface area contributed by atoms with Gasteiger partial charge in [0, 0.05) is 10.4 Å². The molecule has 1 N–H and O–H groups in total. The van der Waals surface area contributed by atoms with E-state index in [2.05, 4.69) is 5.32 Å². The minimum absolute atomic E-state index is 0.100. The van der Waals surface area contributed by atoms with Gasteiger partial charge >= 0.3 is 0 Å². The highest BCUT2D eigenvalue weighted by atomic mass is 32.1. The van der Waals surface area contributed by atoms with E-state index in [9.17, 15) is 4.79 Å². The Morgan fingerprint density at radius 2 is 1.80 bits per heavy atom. The Labute approximate surface area is 150 Å². The molecule has 3 nitrogen and oxygen atoms in total. The second-order valence-electron chi connectivity index (χ2n) is 5.83. The minimum Gasteiger partial charge on any atom is -0.488 e. The predicted octanol–water partition coefficient (Wildman–Crippen LogP) is 4.43. The summed E-state index contributed by atoms with van der Waals surface area (Å²) in [5, 5.41) is 5.18. The highest BCUT2D eigenvalue weighted by Gasteiger charge is 2.22. The number of carbonyl (C=O) groups is 1. The van der Waals surface area contributed by atoms with Gasteiger partial charge in [0.15, 0.2) is 0 Å². The molecule has 0 saturated heterocycles. The summed E-state index contributed by atoms with van der Waals surface area (Å²) in [6.45, 7) is 0.287. The lowest BCUT2D eigenvalue weighted by atomic mass is 10.0. The Bertz CT molecular complexity index is 901. The topological polar surface area (TPSA) is 38.3 Å². The Morgan fingerprint density at radius 1 is 1.00 bits per heavy atom. The summed E-state index contributed by atoms with van der Waals surface area (Å²) in [6, 6.07) is 21.6. The van der Waals surface area contributed by atoms with Crippen molar-refractivity contribution in [3.63, 3.8) is 0 Å². The van der Waals surface area contributed by atoms with Crippen LogP contribution >= 0.6 is 11.3 Å². The molecule has 1 amide bonds. The Balaban J connectivity index is 1.61. The molecule has 4 rings (SSSR count). The van der Waals surface area contributed by atoms with E-state index < -0.39 is 0 Å². The van der Waals surface area contributed by atoms with Crippen LogP contribution in [0, 0.1) is 0 Å². The van der Waals surface area contributed by atoms with Crippen LogP contribution in [0.5, 0.6) is 5.75 Å². The molecule has 1 atom stereocenters. The summed E-state index contributed by atoms with van der Waals surface area (Å²) in [7, 11) is 0. The van der Waals surface area contributed by atoms with Gasteiger partial charge in [-0.3, -0.25) is 4.79 Å². The number of carbonyl (C=O) groups excluding carboxylic acids is 1. The average molecular weight is 347 g/mol. The molecule has 0 bridgehead atoms. The number of thiophene rings is 1. The molecule has 0 fully saturated rings. The number of benzene rings is 2. The lowest BCUT2D eigenvalue weighted by Crippen LogP contribution is -2.32. The summed E-state index contributed by atoms with van der Waals surface area (Å²) in [4.78, 5) is 13.9. The largest absolute Gasteiger partial charge is 0.488 e. The maximum atomic E-state index is 12.8. The lowest BCUT2D eigenvalue weighted by molar-refractivity contribution is -0.118. The number of rotatable bonds is 4. The molecule has 2 heterocycles. The van der Waals surface area contributed by atoms with Gasteiger partial charge in [-0.05, 0) is 29.2 Å². The number of hydrogen-bond donors (Lipinski definition) is 1. The molecule has 0 spiro atoms. The van der Waals surface area contributed by atoms with Crippen molar-refractivity contribution >= 4 is 23.3 Å². The molecular formula is C21H17NO2S. The Kier molecular flexibility index (Phi) is 4.36. The maximum absolute atomic E-state index is 12.8. The first-order valence-corrected chi connectivity index (χ1v) is 9.01. The van der Waals surface area contributed by atoms with Crippen molar-refractivity contribution in [3.8, 4) is 5.75 Å². The van der Waals surface area contributed by atoms with E-state index in [-0.39, 0.29) is 18.6 Å². The minimum atomic E-state index is -0.160. The normalized spacial score (nSPS) is 14.0. The summed E-state index contributed by atoms with van der Waals surface area (Å²) < 4.78 is 5.71. The van der Waals surface area contributed by atoms with Crippen LogP contribution in [-0.4, -0.2) is 12.5 Å². The fourth-order valence-electron chi connectivity index (χ4n) is 2.89. The standard InChI is InChI=1S/C21H17NO2S/c23-21(17-13-16-9-4-5-10-18(16)24-14-17)22-20(19-11-6-12-25-19)15-7-2-1-3-8-15/h1-13,20H,14H2,(H,22,23). The van der Waals surface area contributed by atoms with E-state index in [1.807, 2.05) is 78.2 Å². The van der Waals surface area contributed by atoms with Crippen LogP contribution in [0.3, 0.4) is 0 Å². The van der Waals surface area contributed by atoms with Crippen LogP contribution in [0.25, 0.3) is 6.08 Å². The number of fused-ring (bicyclic) bond motifs is 1. The molecule has 4 heteroatoms. The summed E-state index contributed by atoms with van der Waals surface area (Å²) in [6.07, 6.45) is 1.91. The molecule has 2 aromatic carbocycles. The third kappa shape index (κ3) is 3.35. The summed E-state index contributed by atoms with van der Waals surface area (Å²) in [5.74, 6) is 0.716. The van der Waals surface area contributed by atoms with Crippen LogP contribution in [0.1, 0.15) is 22.0 Å². The third-order valence-electron chi connectivity index (χ3n) is 4.16. The van der Waals surface area contributed by atoms with Gasteiger partial charge in [-0.15, -0.1) is 11.3 Å². The monoisotopic (exact) mass is 347 g/mol. The van der Waals surface area contributed by atoms with Gasteiger partial charge < -0.3 is 10.1 Å². The van der Waals surface area contributed by atoms with Gasteiger partial charge in [0.05, 0.1) is 11.6 Å². The molecular weight excluding hydrogens is 330 g/mol. The first-order chi connectivity index (χ1) is 12.3. The van der Waals surface area contributed by atoms with Crippen LogP contribution in [0.4, 0.5) is 0 Å². The predicted molar refractivity (Wildman–Crippen MR) is 101 cm³/mol. The number of para-hydroxylation sites is 1. The molecule has 1 aliphatic heterocycles. The zero-order valence-electron chi connectivity index (χ0n) is 13.5. The van der Waals surface area contributed by atoms with Crippen molar-refractivity contribution in [2.75, 3.05) is 6.61 Å². The second kappa shape index (κ2) is 6.95. The number of hydrogen-bond acceptors (Lipinski definition) is 3. The van der Waals surface area contributed by atoms with E-state index in [1.165, 1.54) is 0 Å². The van der Waals surface area contributed by atoms with E-state index >= 15 is 0 Å². The van der Waals surface area contributed by atoms with E-state index in [1.54, 1.807) is 11.3 Å². The fraction of sp³-hybridized carbons (Fsp3) is 0.0952. The zero-order chi connectivity index (χ0) is 17.1. The van der Waals surface area contributed by atoms with Crippen molar-refractivity contribution in [2.24, 2.45) is 0 Å². The summed E-state index contributed by atoms with van der Waals surface area (Å²) in [5.41, 5.74) is 2.64. The number of nitrogens with one attached hydrogen (secondary N) is 1. The number of ether oxygens (including phenoxy) is 1. The van der Waals surface area contributed by atoms with Crippen molar-refractivity contribution in [2.45, 2.75) is 6.04 Å². The van der Waals surface area contributed by atoms with Crippen molar-refractivity contribution in [1.82, 2.24) is 5.32 Å². The molecule has 0 radical (unpaired) electrons. The Hall–Kier alpha value is -2.85. The van der Waals surface area contributed by atoms with Gasteiger partial charge in [0.1, 0.15) is 12.4 Å². The molecule has 124 valence electrons. The third-order valence-corrected chi connectivity index (χ3v) is 5.10. The van der Waals surface area contributed by atoms with Crippen molar-refractivity contribution in [1.29, 1.82) is 0 Å². The van der Waals surface area contributed by atoms with Crippen LogP contribution in [0.2, 0.25) is 0 Å².